The molecule has 0 amide bonds. The van der Waals surface area contributed by atoms with Gasteiger partial charge >= 0.3 is 0 Å². The Balaban J connectivity index is 1.65. The highest BCUT2D eigenvalue weighted by molar-refractivity contribution is 5.59. The lowest BCUT2D eigenvalue weighted by Gasteiger charge is -2.27. The molecule has 2 nitrogen and oxygen atoms in total. The van der Waals surface area contributed by atoms with Gasteiger partial charge in [-0.1, -0.05) is 38.0 Å². The molecule has 19 heavy (non-hydrogen) atoms. The molecule has 0 spiro atoms. The quantitative estimate of drug-likeness (QED) is 0.765. The van der Waals surface area contributed by atoms with E-state index in [1.54, 1.807) is 5.56 Å². The van der Waals surface area contributed by atoms with E-state index in [9.17, 15) is 0 Å². The third-order valence-corrected chi connectivity index (χ3v) is 4.62. The molecular formula is C17H26N2. The minimum Gasteiger partial charge on any atom is -0.367 e. The van der Waals surface area contributed by atoms with Crippen LogP contribution in [0.4, 0.5) is 5.69 Å². The molecule has 2 heterocycles. The average molecular weight is 258 g/mol. The van der Waals surface area contributed by atoms with Crippen LogP contribution in [0.15, 0.2) is 24.3 Å². The number of para-hydroxylation sites is 1. The Bertz CT molecular complexity index is 415. The van der Waals surface area contributed by atoms with Crippen LogP contribution in [0, 0.1) is 0 Å². The molecule has 0 aromatic heterocycles. The molecule has 3 rings (SSSR count). The summed E-state index contributed by atoms with van der Waals surface area (Å²) in [5.74, 6) is 0. The van der Waals surface area contributed by atoms with Crippen molar-refractivity contribution in [3.8, 4) is 0 Å². The second-order valence-corrected chi connectivity index (χ2v) is 6.04. The van der Waals surface area contributed by atoms with E-state index in [1.165, 1.54) is 64.0 Å². The molecule has 1 saturated heterocycles. The fourth-order valence-corrected chi connectivity index (χ4v) is 3.63. The van der Waals surface area contributed by atoms with E-state index < -0.39 is 0 Å². The van der Waals surface area contributed by atoms with Gasteiger partial charge in [-0.25, -0.2) is 0 Å². The lowest BCUT2D eigenvalue weighted by atomic mass is 10.1. The molecule has 0 N–H and O–H groups in total. The lowest BCUT2D eigenvalue weighted by Crippen LogP contribution is -2.39. The largest absolute Gasteiger partial charge is 0.367 e. The van der Waals surface area contributed by atoms with Crippen LogP contribution in [-0.4, -0.2) is 37.1 Å². The van der Waals surface area contributed by atoms with Gasteiger partial charge in [0.05, 0.1) is 0 Å². The van der Waals surface area contributed by atoms with Crippen molar-refractivity contribution in [3.05, 3.63) is 29.8 Å². The average Bonchev–Trinajstić information content (AvgIpc) is 2.64. The number of benzene rings is 1. The number of unbranched alkanes of at least 4 members (excludes halogenated alkanes) is 2. The fraction of sp³-hybridized carbons (Fsp3) is 0.647. The van der Waals surface area contributed by atoms with Gasteiger partial charge in [-0.15, -0.1) is 0 Å². The predicted molar refractivity (Wildman–Crippen MR) is 81.9 cm³/mol. The van der Waals surface area contributed by atoms with Crippen molar-refractivity contribution in [3.63, 3.8) is 0 Å². The number of rotatable bonds is 4. The van der Waals surface area contributed by atoms with E-state index >= 15 is 0 Å². The van der Waals surface area contributed by atoms with Crippen LogP contribution in [-0.2, 0) is 6.42 Å². The van der Waals surface area contributed by atoms with Gasteiger partial charge in [-0.05, 0) is 44.0 Å². The van der Waals surface area contributed by atoms with Gasteiger partial charge in [-0.2, -0.15) is 0 Å². The highest BCUT2D eigenvalue weighted by Gasteiger charge is 2.31. The Morgan fingerprint density at radius 1 is 1.16 bits per heavy atom. The minimum absolute atomic E-state index is 0.724. The Morgan fingerprint density at radius 3 is 2.95 bits per heavy atom. The zero-order valence-corrected chi connectivity index (χ0v) is 12.1. The maximum absolute atomic E-state index is 2.70. The summed E-state index contributed by atoms with van der Waals surface area (Å²) < 4.78 is 0. The summed E-state index contributed by atoms with van der Waals surface area (Å²) >= 11 is 0. The number of fused-ring (bicyclic) bond motifs is 3. The molecule has 2 aliphatic rings. The van der Waals surface area contributed by atoms with Crippen molar-refractivity contribution >= 4 is 5.69 Å². The normalized spacial score (nSPS) is 23.0. The van der Waals surface area contributed by atoms with Gasteiger partial charge in [0.1, 0.15) is 0 Å². The topological polar surface area (TPSA) is 6.48 Å². The van der Waals surface area contributed by atoms with E-state index in [1.807, 2.05) is 0 Å². The molecule has 2 aliphatic heterocycles. The van der Waals surface area contributed by atoms with Gasteiger partial charge in [-0.3, -0.25) is 0 Å². The summed E-state index contributed by atoms with van der Waals surface area (Å²) in [4.78, 5) is 5.36. The van der Waals surface area contributed by atoms with E-state index in [2.05, 4.69) is 41.0 Å². The maximum atomic E-state index is 2.70. The highest BCUT2D eigenvalue weighted by atomic mass is 15.3. The van der Waals surface area contributed by atoms with Crippen molar-refractivity contribution in [1.82, 2.24) is 4.90 Å². The molecule has 1 unspecified atom stereocenters. The zero-order chi connectivity index (χ0) is 13.1. The smallest absolute Gasteiger partial charge is 0.0458 e. The van der Waals surface area contributed by atoms with Gasteiger partial charge in [0.15, 0.2) is 0 Å². The number of hydrogen-bond donors (Lipinski definition) is 0. The molecular weight excluding hydrogens is 232 g/mol. The van der Waals surface area contributed by atoms with Crippen LogP contribution in [0.1, 0.15) is 38.2 Å². The van der Waals surface area contributed by atoms with E-state index in [-0.39, 0.29) is 0 Å². The first-order valence-electron chi connectivity index (χ1n) is 7.95. The molecule has 1 aromatic rings. The standard InChI is InChI=1S/C17H26N2/c1-2-3-6-10-18-11-7-12-19-16(14-18)13-15-8-4-5-9-17(15)19/h4-5,8-9,16H,2-3,6-7,10-14H2,1H3. The second kappa shape index (κ2) is 5.96. The molecule has 0 aliphatic carbocycles. The Labute approximate surface area is 117 Å². The van der Waals surface area contributed by atoms with Crippen molar-refractivity contribution < 1.29 is 0 Å². The summed E-state index contributed by atoms with van der Waals surface area (Å²) in [5.41, 5.74) is 3.06. The summed E-state index contributed by atoms with van der Waals surface area (Å²) in [7, 11) is 0. The monoisotopic (exact) mass is 258 g/mol. The van der Waals surface area contributed by atoms with Crippen LogP contribution < -0.4 is 4.90 Å². The summed E-state index contributed by atoms with van der Waals surface area (Å²) in [6.45, 7) is 7.38. The summed E-state index contributed by atoms with van der Waals surface area (Å²) in [6, 6.07) is 9.71. The lowest BCUT2D eigenvalue weighted by molar-refractivity contribution is 0.267. The van der Waals surface area contributed by atoms with Crippen LogP contribution in [0.2, 0.25) is 0 Å². The van der Waals surface area contributed by atoms with E-state index in [4.69, 9.17) is 0 Å². The molecule has 2 heteroatoms. The highest BCUT2D eigenvalue weighted by Crippen LogP contribution is 2.33. The Kier molecular flexibility index (Phi) is 4.07. The molecule has 1 atom stereocenters. The molecule has 1 fully saturated rings. The third-order valence-electron chi connectivity index (χ3n) is 4.62. The first-order valence-corrected chi connectivity index (χ1v) is 7.95. The van der Waals surface area contributed by atoms with Crippen LogP contribution >= 0.6 is 0 Å². The van der Waals surface area contributed by atoms with Crippen molar-refractivity contribution in [2.75, 3.05) is 31.1 Å². The predicted octanol–water partition coefficient (Wildman–Crippen LogP) is 3.31. The van der Waals surface area contributed by atoms with Crippen molar-refractivity contribution in [2.24, 2.45) is 0 Å². The Morgan fingerprint density at radius 2 is 2.05 bits per heavy atom. The van der Waals surface area contributed by atoms with E-state index in [0.29, 0.717) is 0 Å². The molecule has 0 saturated carbocycles. The van der Waals surface area contributed by atoms with Gasteiger partial charge in [0.25, 0.3) is 0 Å². The number of nitrogens with zero attached hydrogens (tertiary/aromatic N) is 2. The minimum atomic E-state index is 0.724. The Hall–Kier alpha value is -1.02. The van der Waals surface area contributed by atoms with Crippen LogP contribution in [0.3, 0.4) is 0 Å². The zero-order valence-electron chi connectivity index (χ0n) is 12.1. The summed E-state index contributed by atoms with van der Waals surface area (Å²) in [5, 5.41) is 0. The second-order valence-electron chi connectivity index (χ2n) is 6.04. The molecule has 0 radical (unpaired) electrons. The SMILES string of the molecule is CCCCCN1CCCN2c3ccccc3CC2C1. The number of anilines is 1. The molecule has 104 valence electrons. The van der Waals surface area contributed by atoms with Crippen molar-refractivity contribution in [1.29, 1.82) is 0 Å². The van der Waals surface area contributed by atoms with Crippen LogP contribution in [0.25, 0.3) is 0 Å². The first-order chi connectivity index (χ1) is 9.38. The summed E-state index contributed by atoms with van der Waals surface area (Å²) in [6.07, 6.45) is 6.65. The van der Waals surface area contributed by atoms with Crippen molar-refractivity contribution in [2.45, 2.75) is 45.1 Å². The van der Waals surface area contributed by atoms with E-state index in [0.717, 1.165) is 6.04 Å². The van der Waals surface area contributed by atoms with Gasteiger partial charge in [0.2, 0.25) is 0 Å². The van der Waals surface area contributed by atoms with Gasteiger partial charge < -0.3 is 9.80 Å². The fourth-order valence-electron chi connectivity index (χ4n) is 3.63. The van der Waals surface area contributed by atoms with Gasteiger partial charge in [0, 0.05) is 24.8 Å². The number of hydrogen-bond acceptors (Lipinski definition) is 2. The molecule has 0 bridgehead atoms. The molecule has 1 aromatic carbocycles. The third kappa shape index (κ3) is 2.79. The van der Waals surface area contributed by atoms with Crippen LogP contribution in [0.5, 0.6) is 0 Å². The first kappa shape index (κ1) is 13.0. The maximum Gasteiger partial charge on any atom is 0.0458 e.